The highest BCUT2D eigenvalue weighted by atomic mass is 16.5. The Labute approximate surface area is 202 Å². The van der Waals surface area contributed by atoms with Gasteiger partial charge in [0, 0.05) is 43.0 Å². The molecule has 5 nitrogen and oxygen atoms in total. The summed E-state index contributed by atoms with van der Waals surface area (Å²) < 4.78 is 10.7. The molecule has 0 aliphatic carbocycles. The molecular formula is C29H34N2O3. The zero-order chi connectivity index (χ0) is 24.1. The van der Waals surface area contributed by atoms with Crippen molar-refractivity contribution in [3.05, 3.63) is 89.0 Å². The highest BCUT2D eigenvalue weighted by Crippen LogP contribution is 2.29. The van der Waals surface area contributed by atoms with Gasteiger partial charge in [-0.25, -0.2) is 0 Å². The van der Waals surface area contributed by atoms with Crippen molar-refractivity contribution < 1.29 is 14.3 Å². The molecule has 1 fully saturated rings. The monoisotopic (exact) mass is 458 g/mol. The summed E-state index contributed by atoms with van der Waals surface area (Å²) in [5.41, 5.74) is 5.53. The van der Waals surface area contributed by atoms with Crippen LogP contribution in [0.5, 0.6) is 11.5 Å². The van der Waals surface area contributed by atoms with Crippen LogP contribution in [0.1, 0.15) is 39.9 Å². The highest BCUT2D eigenvalue weighted by molar-refractivity contribution is 6.06. The van der Waals surface area contributed by atoms with Crippen molar-refractivity contribution in [2.45, 2.75) is 39.3 Å². The number of benzene rings is 3. The second kappa shape index (κ2) is 10.7. The lowest BCUT2D eigenvalue weighted by Crippen LogP contribution is -2.47. The van der Waals surface area contributed by atoms with E-state index in [1.165, 1.54) is 16.7 Å². The molecule has 3 aromatic carbocycles. The van der Waals surface area contributed by atoms with Crippen LogP contribution >= 0.6 is 0 Å². The number of likely N-dealkylation sites (tertiary alicyclic amines) is 1. The highest BCUT2D eigenvalue weighted by Gasteiger charge is 2.30. The molecule has 0 saturated carbocycles. The van der Waals surface area contributed by atoms with E-state index in [9.17, 15) is 4.79 Å². The summed E-state index contributed by atoms with van der Waals surface area (Å²) in [6, 6.07) is 22.0. The predicted octanol–water partition coefficient (Wildman–Crippen LogP) is 5.63. The van der Waals surface area contributed by atoms with E-state index in [4.69, 9.17) is 9.47 Å². The molecule has 0 aromatic heterocycles. The summed E-state index contributed by atoms with van der Waals surface area (Å²) >= 11 is 0. The molecule has 0 radical (unpaired) electrons. The molecule has 178 valence electrons. The Hall–Kier alpha value is -3.31. The van der Waals surface area contributed by atoms with Gasteiger partial charge in [0.2, 0.25) is 0 Å². The minimum Gasteiger partial charge on any atom is -0.497 e. The summed E-state index contributed by atoms with van der Waals surface area (Å²) in [6.45, 7) is 7.17. The number of piperidine rings is 1. The SMILES string of the molecule is COc1ccc(C(=O)N(c2cccc(OC)c2)C2CCN(Cc3ccc(C)c(C)c3)CC2)cc1. The van der Waals surface area contributed by atoms with Gasteiger partial charge in [0.15, 0.2) is 0 Å². The number of hydrogen-bond donors (Lipinski definition) is 0. The number of carbonyl (C=O) groups is 1. The third-order valence-corrected chi connectivity index (χ3v) is 6.79. The van der Waals surface area contributed by atoms with Crippen LogP contribution in [-0.2, 0) is 6.54 Å². The number of anilines is 1. The van der Waals surface area contributed by atoms with Gasteiger partial charge in [-0.05, 0) is 79.8 Å². The zero-order valence-corrected chi connectivity index (χ0v) is 20.6. The number of nitrogens with zero attached hydrogens (tertiary/aromatic N) is 2. The van der Waals surface area contributed by atoms with Gasteiger partial charge >= 0.3 is 0 Å². The van der Waals surface area contributed by atoms with Crippen molar-refractivity contribution in [2.75, 3.05) is 32.2 Å². The van der Waals surface area contributed by atoms with E-state index < -0.39 is 0 Å². The first kappa shape index (κ1) is 23.8. The Morgan fingerprint density at radius 3 is 2.24 bits per heavy atom. The van der Waals surface area contributed by atoms with Crippen molar-refractivity contribution >= 4 is 11.6 Å². The number of aryl methyl sites for hydroxylation is 2. The first-order valence-electron chi connectivity index (χ1n) is 11.9. The molecule has 4 rings (SSSR count). The van der Waals surface area contributed by atoms with Crippen molar-refractivity contribution in [1.82, 2.24) is 4.90 Å². The second-order valence-electron chi connectivity index (χ2n) is 9.03. The molecule has 1 aliphatic rings. The molecule has 0 spiro atoms. The van der Waals surface area contributed by atoms with E-state index in [1.54, 1.807) is 14.2 Å². The van der Waals surface area contributed by atoms with E-state index in [2.05, 4.69) is 36.9 Å². The molecule has 1 heterocycles. The Bertz CT molecular complexity index is 1120. The van der Waals surface area contributed by atoms with Crippen LogP contribution in [-0.4, -0.2) is 44.2 Å². The molecule has 0 bridgehead atoms. The summed E-state index contributed by atoms with van der Waals surface area (Å²) in [7, 11) is 3.28. The van der Waals surface area contributed by atoms with Gasteiger partial charge in [-0.2, -0.15) is 0 Å². The first-order chi connectivity index (χ1) is 16.5. The molecule has 1 saturated heterocycles. The molecule has 1 aliphatic heterocycles. The number of carbonyl (C=O) groups excluding carboxylic acids is 1. The number of hydrogen-bond acceptors (Lipinski definition) is 4. The van der Waals surface area contributed by atoms with Crippen molar-refractivity contribution in [3.63, 3.8) is 0 Å². The number of ether oxygens (including phenoxy) is 2. The zero-order valence-electron chi connectivity index (χ0n) is 20.6. The average molecular weight is 459 g/mol. The maximum atomic E-state index is 13.7. The predicted molar refractivity (Wildman–Crippen MR) is 137 cm³/mol. The van der Waals surface area contributed by atoms with Gasteiger partial charge in [-0.3, -0.25) is 9.69 Å². The molecule has 5 heteroatoms. The largest absolute Gasteiger partial charge is 0.497 e. The first-order valence-corrected chi connectivity index (χ1v) is 11.9. The lowest BCUT2D eigenvalue weighted by molar-refractivity contribution is 0.0958. The Balaban J connectivity index is 1.53. The second-order valence-corrected chi connectivity index (χ2v) is 9.03. The number of amides is 1. The molecule has 3 aromatic rings. The maximum Gasteiger partial charge on any atom is 0.258 e. The Kier molecular flexibility index (Phi) is 7.53. The van der Waals surface area contributed by atoms with Crippen LogP contribution in [0.25, 0.3) is 0 Å². The molecular weight excluding hydrogens is 424 g/mol. The van der Waals surface area contributed by atoms with Crippen LogP contribution in [0.15, 0.2) is 66.7 Å². The molecule has 0 N–H and O–H groups in total. The fourth-order valence-corrected chi connectivity index (χ4v) is 4.62. The fourth-order valence-electron chi connectivity index (χ4n) is 4.62. The summed E-state index contributed by atoms with van der Waals surface area (Å²) in [5.74, 6) is 1.49. The van der Waals surface area contributed by atoms with Crippen LogP contribution in [0.4, 0.5) is 5.69 Å². The Morgan fingerprint density at radius 1 is 0.882 bits per heavy atom. The molecule has 1 amide bonds. The average Bonchev–Trinajstić information content (AvgIpc) is 2.87. The van der Waals surface area contributed by atoms with E-state index in [0.29, 0.717) is 5.56 Å². The van der Waals surface area contributed by atoms with Crippen LogP contribution < -0.4 is 14.4 Å². The van der Waals surface area contributed by atoms with Gasteiger partial charge in [-0.15, -0.1) is 0 Å². The van der Waals surface area contributed by atoms with E-state index >= 15 is 0 Å². The van der Waals surface area contributed by atoms with Crippen molar-refractivity contribution in [2.24, 2.45) is 0 Å². The van der Waals surface area contributed by atoms with Crippen molar-refractivity contribution in [1.29, 1.82) is 0 Å². The van der Waals surface area contributed by atoms with Crippen molar-refractivity contribution in [3.8, 4) is 11.5 Å². The normalized spacial score (nSPS) is 14.6. The summed E-state index contributed by atoms with van der Waals surface area (Å²) in [6.07, 6.45) is 1.84. The van der Waals surface area contributed by atoms with Gasteiger partial charge < -0.3 is 14.4 Å². The van der Waals surface area contributed by atoms with Gasteiger partial charge in [-0.1, -0.05) is 24.3 Å². The third kappa shape index (κ3) is 5.42. The minimum atomic E-state index is 0.00326. The topological polar surface area (TPSA) is 42.0 Å². The lowest BCUT2D eigenvalue weighted by atomic mass is 9.99. The fraction of sp³-hybridized carbons (Fsp3) is 0.345. The van der Waals surface area contributed by atoms with E-state index in [-0.39, 0.29) is 11.9 Å². The minimum absolute atomic E-state index is 0.00326. The Morgan fingerprint density at radius 2 is 1.59 bits per heavy atom. The summed E-state index contributed by atoms with van der Waals surface area (Å²) in [4.78, 5) is 18.2. The van der Waals surface area contributed by atoms with Gasteiger partial charge in [0.1, 0.15) is 11.5 Å². The lowest BCUT2D eigenvalue weighted by Gasteiger charge is -2.39. The molecule has 34 heavy (non-hydrogen) atoms. The third-order valence-electron chi connectivity index (χ3n) is 6.79. The van der Waals surface area contributed by atoms with Gasteiger partial charge in [0.05, 0.1) is 14.2 Å². The van der Waals surface area contributed by atoms with Gasteiger partial charge in [0.25, 0.3) is 5.91 Å². The standard InChI is InChI=1S/C29H34N2O3/c1-21-8-9-23(18-22(21)2)20-30-16-14-25(15-17-30)31(26-6-5-7-28(19-26)34-4)29(32)24-10-12-27(33-3)13-11-24/h5-13,18-19,25H,14-17,20H2,1-4H3. The van der Waals surface area contributed by atoms with Crippen LogP contribution in [0.2, 0.25) is 0 Å². The van der Waals surface area contributed by atoms with E-state index in [0.717, 1.165) is 49.7 Å². The maximum absolute atomic E-state index is 13.7. The number of rotatable bonds is 7. The van der Waals surface area contributed by atoms with E-state index in [1.807, 2.05) is 53.4 Å². The van der Waals surface area contributed by atoms with Crippen LogP contribution in [0, 0.1) is 13.8 Å². The quantitative estimate of drug-likeness (QED) is 0.460. The molecule has 0 atom stereocenters. The van der Waals surface area contributed by atoms with Crippen LogP contribution in [0.3, 0.4) is 0 Å². The number of methoxy groups -OCH3 is 2. The summed E-state index contributed by atoms with van der Waals surface area (Å²) in [5, 5.41) is 0. The smallest absolute Gasteiger partial charge is 0.258 e. The molecule has 0 unspecified atom stereocenters.